The van der Waals surface area contributed by atoms with Gasteiger partial charge in [0.1, 0.15) is 35.8 Å². The maximum Gasteiger partial charge on any atom is 0.341 e. The highest BCUT2D eigenvalue weighted by Crippen LogP contribution is 2.35. The van der Waals surface area contributed by atoms with Gasteiger partial charge < -0.3 is 18.9 Å². The quantitative estimate of drug-likeness (QED) is 0.690. The van der Waals surface area contributed by atoms with Crippen LogP contribution in [0.25, 0.3) is 0 Å². The minimum absolute atomic E-state index is 0.102. The van der Waals surface area contributed by atoms with Crippen LogP contribution in [0.3, 0.4) is 0 Å². The molecule has 1 fully saturated rings. The van der Waals surface area contributed by atoms with Crippen LogP contribution in [0.4, 0.5) is 4.39 Å². The van der Waals surface area contributed by atoms with E-state index in [1.54, 1.807) is 37.4 Å². The molecule has 6 nitrogen and oxygen atoms in total. The number of carbonyl (C=O) groups is 2. The molecule has 2 aliphatic rings. The topological polar surface area (TPSA) is 71.1 Å². The van der Waals surface area contributed by atoms with Crippen LogP contribution < -0.4 is 9.47 Å². The number of hydrogen-bond acceptors (Lipinski definition) is 6. The predicted octanol–water partition coefficient (Wildman–Crippen LogP) is 4.05. The number of allylic oxidation sites excluding steroid dienone is 1. The molecule has 2 aromatic carbocycles. The number of halogens is 1. The van der Waals surface area contributed by atoms with Crippen LogP contribution >= 0.6 is 0 Å². The first-order valence-electron chi connectivity index (χ1n) is 9.72. The molecule has 3 atom stereocenters. The van der Waals surface area contributed by atoms with E-state index in [1.165, 1.54) is 24.5 Å². The number of ether oxygens (including phenoxy) is 4. The van der Waals surface area contributed by atoms with Crippen molar-refractivity contribution in [2.75, 3.05) is 7.11 Å². The molecule has 0 saturated heterocycles. The van der Waals surface area contributed by atoms with Crippen LogP contribution in [0.1, 0.15) is 29.6 Å². The molecule has 1 aliphatic heterocycles. The zero-order chi connectivity index (χ0) is 21.1. The van der Waals surface area contributed by atoms with Gasteiger partial charge in [-0.05, 0) is 49.2 Å². The first kappa shape index (κ1) is 19.9. The Morgan fingerprint density at radius 3 is 2.53 bits per heavy atom. The molecule has 0 spiro atoms. The van der Waals surface area contributed by atoms with E-state index >= 15 is 0 Å². The number of ketones is 1. The number of benzene rings is 2. The van der Waals surface area contributed by atoms with Crippen LogP contribution in [0.5, 0.6) is 11.5 Å². The lowest BCUT2D eigenvalue weighted by Gasteiger charge is -2.36. The van der Waals surface area contributed by atoms with Gasteiger partial charge in [0.15, 0.2) is 0 Å². The molecule has 0 radical (unpaired) electrons. The van der Waals surface area contributed by atoms with Crippen LogP contribution in [-0.4, -0.2) is 31.1 Å². The molecule has 0 bridgehead atoms. The molecular weight excluding hydrogens is 391 g/mol. The first-order chi connectivity index (χ1) is 14.5. The van der Waals surface area contributed by atoms with E-state index in [-0.39, 0.29) is 23.0 Å². The van der Waals surface area contributed by atoms with Crippen molar-refractivity contribution in [3.8, 4) is 11.5 Å². The summed E-state index contributed by atoms with van der Waals surface area (Å²) in [5.41, 5.74) is -0.102. The van der Waals surface area contributed by atoms with Crippen molar-refractivity contribution >= 4 is 11.8 Å². The summed E-state index contributed by atoms with van der Waals surface area (Å²) in [6.07, 6.45) is 1.81. The fourth-order valence-electron chi connectivity index (χ4n) is 3.73. The van der Waals surface area contributed by atoms with Crippen molar-refractivity contribution < 1.29 is 32.9 Å². The molecule has 0 N–H and O–H groups in total. The molecular formula is C23H21FO6. The summed E-state index contributed by atoms with van der Waals surface area (Å²) in [6.45, 7) is 0. The lowest BCUT2D eigenvalue weighted by atomic mass is 9.80. The third-order valence-corrected chi connectivity index (χ3v) is 5.33. The van der Waals surface area contributed by atoms with Gasteiger partial charge in [-0.25, -0.2) is 9.18 Å². The molecule has 30 heavy (non-hydrogen) atoms. The lowest BCUT2D eigenvalue weighted by Crippen LogP contribution is -2.43. The Bertz CT molecular complexity index is 968. The zero-order valence-corrected chi connectivity index (χ0v) is 16.4. The smallest absolute Gasteiger partial charge is 0.341 e. The molecule has 1 heterocycles. The molecule has 3 unspecified atom stereocenters. The number of hydrogen-bond donors (Lipinski definition) is 0. The van der Waals surface area contributed by atoms with Crippen LogP contribution in [0.15, 0.2) is 60.6 Å². The predicted molar refractivity (Wildman–Crippen MR) is 105 cm³/mol. The van der Waals surface area contributed by atoms with E-state index in [4.69, 9.17) is 18.9 Å². The SMILES string of the molecule is COc1ccc(OC2=COC3CC(OC(=O)c4ccccc4F)CCC3C2=O)cc1. The van der Waals surface area contributed by atoms with Crippen molar-refractivity contribution in [1.29, 1.82) is 0 Å². The largest absolute Gasteiger partial charge is 0.497 e. The fraction of sp³-hybridized carbons (Fsp3) is 0.304. The van der Waals surface area contributed by atoms with Gasteiger partial charge in [-0.2, -0.15) is 0 Å². The highest BCUT2D eigenvalue weighted by molar-refractivity contribution is 5.96. The Kier molecular flexibility index (Phi) is 5.70. The van der Waals surface area contributed by atoms with E-state index < -0.39 is 24.0 Å². The molecule has 0 aromatic heterocycles. The summed E-state index contributed by atoms with van der Waals surface area (Å²) >= 11 is 0. The standard InChI is InChI=1S/C23H21FO6/c1-27-14-6-8-15(9-7-14)29-21-13-28-20-12-16(10-11-18(20)22(21)25)30-23(26)17-4-2-3-5-19(17)24/h2-9,13,16,18,20H,10-12H2,1H3. The zero-order valence-electron chi connectivity index (χ0n) is 16.4. The second kappa shape index (κ2) is 8.57. The average molecular weight is 412 g/mol. The van der Waals surface area contributed by atoms with Crippen molar-refractivity contribution in [2.24, 2.45) is 5.92 Å². The Hall–Kier alpha value is -3.35. The fourth-order valence-corrected chi connectivity index (χ4v) is 3.73. The van der Waals surface area contributed by atoms with E-state index in [0.29, 0.717) is 30.8 Å². The monoisotopic (exact) mass is 412 g/mol. The maximum atomic E-state index is 13.8. The summed E-state index contributed by atoms with van der Waals surface area (Å²) in [4.78, 5) is 25.1. The van der Waals surface area contributed by atoms with Crippen molar-refractivity contribution in [3.63, 3.8) is 0 Å². The Morgan fingerprint density at radius 1 is 1.07 bits per heavy atom. The number of fused-ring (bicyclic) bond motifs is 1. The van der Waals surface area contributed by atoms with Gasteiger partial charge in [0.25, 0.3) is 0 Å². The summed E-state index contributed by atoms with van der Waals surface area (Å²) in [5.74, 6) is -0.507. The summed E-state index contributed by atoms with van der Waals surface area (Å²) in [5, 5.41) is 0. The first-order valence-corrected chi connectivity index (χ1v) is 9.72. The number of rotatable bonds is 5. The van der Waals surface area contributed by atoms with Crippen LogP contribution in [0.2, 0.25) is 0 Å². The summed E-state index contributed by atoms with van der Waals surface area (Å²) < 4.78 is 35.7. The summed E-state index contributed by atoms with van der Waals surface area (Å²) in [6, 6.07) is 12.6. The van der Waals surface area contributed by atoms with Crippen LogP contribution in [-0.2, 0) is 14.3 Å². The highest BCUT2D eigenvalue weighted by atomic mass is 19.1. The number of Topliss-reactive ketones (excluding diaryl/α,β-unsaturated/α-hetero) is 1. The van der Waals surface area contributed by atoms with Gasteiger partial charge >= 0.3 is 5.97 Å². The highest BCUT2D eigenvalue weighted by Gasteiger charge is 2.42. The normalized spacial score (nSPS) is 22.9. The Balaban J connectivity index is 1.38. The second-order valence-corrected chi connectivity index (χ2v) is 7.23. The van der Waals surface area contributed by atoms with Crippen molar-refractivity contribution in [3.05, 3.63) is 71.9 Å². The van der Waals surface area contributed by atoms with Crippen molar-refractivity contribution in [1.82, 2.24) is 0 Å². The minimum Gasteiger partial charge on any atom is -0.497 e. The summed E-state index contributed by atoms with van der Waals surface area (Å²) in [7, 11) is 1.57. The second-order valence-electron chi connectivity index (χ2n) is 7.23. The molecule has 7 heteroatoms. The van der Waals surface area contributed by atoms with Crippen molar-refractivity contribution in [2.45, 2.75) is 31.5 Å². The van der Waals surface area contributed by atoms with E-state index in [1.807, 2.05) is 0 Å². The van der Waals surface area contributed by atoms with E-state index in [2.05, 4.69) is 0 Å². The van der Waals surface area contributed by atoms with Gasteiger partial charge in [0.2, 0.25) is 11.5 Å². The molecule has 156 valence electrons. The van der Waals surface area contributed by atoms with Gasteiger partial charge in [-0.1, -0.05) is 12.1 Å². The Labute approximate surface area is 173 Å². The molecule has 0 amide bonds. The van der Waals surface area contributed by atoms with E-state index in [9.17, 15) is 14.0 Å². The molecule has 1 aliphatic carbocycles. The third-order valence-electron chi connectivity index (χ3n) is 5.33. The van der Waals surface area contributed by atoms with E-state index in [0.717, 1.165) is 0 Å². The lowest BCUT2D eigenvalue weighted by molar-refractivity contribution is -0.132. The number of methoxy groups -OCH3 is 1. The van der Waals surface area contributed by atoms with Gasteiger partial charge in [-0.15, -0.1) is 0 Å². The average Bonchev–Trinajstić information content (AvgIpc) is 2.76. The molecule has 2 aromatic rings. The van der Waals surface area contributed by atoms with Crippen LogP contribution in [0, 0.1) is 11.7 Å². The molecule has 1 saturated carbocycles. The van der Waals surface area contributed by atoms with Gasteiger partial charge in [0.05, 0.1) is 18.6 Å². The number of carbonyl (C=O) groups excluding carboxylic acids is 2. The number of esters is 1. The minimum atomic E-state index is -0.710. The van der Waals surface area contributed by atoms with Gasteiger partial charge in [0, 0.05) is 6.42 Å². The third kappa shape index (κ3) is 4.15. The Morgan fingerprint density at radius 2 is 1.80 bits per heavy atom. The van der Waals surface area contributed by atoms with Gasteiger partial charge in [-0.3, -0.25) is 4.79 Å². The molecule has 4 rings (SSSR count). The maximum absolute atomic E-state index is 13.8.